The molecule has 0 aromatic carbocycles. The van der Waals surface area contributed by atoms with Gasteiger partial charge in [-0.3, -0.25) is 0 Å². The second-order valence-corrected chi connectivity index (χ2v) is 3.72. The minimum absolute atomic E-state index is 0.655. The molecule has 0 aliphatic carbocycles. The first-order valence-electron chi connectivity index (χ1n) is 3.30. The zero-order valence-corrected chi connectivity index (χ0v) is 7.39. The molecular formula is C6H5F3NO3S+. The summed E-state index contributed by atoms with van der Waals surface area (Å²) >= 11 is 0. The van der Waals surface area contributed by atoms with Crippen LogP contribution in [0.15, 0.2) is 29.4 Å². The molecule has 1 aromatic heterocycles. The van der Waals surface area contributed by atoms with E-state index in [4.69, 9.17) is 0 Å². The van der Waals surface area contributed by atoms with Crippen molar-refractivity contribution >= 4 is 10.1 Å². The predicted molar refractivity (Wildman–Crippen MR) is 37.3 cm³/mol. The lowest BCUT2D eigenvalue weighted by Crippen LogP contribution is -2.24. The summed E-state index contributed by atoms with van der Waals surface area (Å²) in [5.41, 5.74) is 0. The Kier molecular flexibility index (Phi) is 2.76. The monoisotopic (exact) mass is 228 g/mol. The predicted octanol–water partition coefficient (Wildman–Crippen LogP) is 0.726. The van der Waals surface area contributed by atoms with Gasteiger partial charge in [0.1, 0.15) is 0 Å². The highest BCUT2D eigenvalue weighted by Crippen LogP contribution is 2.22. The van der Waals surface area contributed by atoms with Gasteiger partial charge in [-0.05, 0) is 6.07 Å². The van der Waals surface area contributed by atoms with Crippen LogP contribution in [0.4, 0.5) is 13.2 Å². The molecule has 0 amide bonds. The molecule has 0 aliphatic heterocycles. The van der Waals surface area contributed by atoms with Crippen molar-refractivity contribution in [1.29, 1.82) is 0 Å². The Morgan fingerprint density at radius 1 is 1.29 bits per heavy atom. The molecule has 1 rings (SSSR count). The first kappa shape index (κ1) is 10.9. The van der Waals surface area contributed by atoms with E-state index in [1.54, 1.807) is 0 Å². The standard InChI is InChI=1S/C6H4F3NO3S/c7-6(8,9)13-14(11,12)5-3-1-2-4-10-5/h1-4H/p+1. The van der Waals surface area contributed by atoms with Gasteiger partial charge >= 0.3 is 21.5 Å². The Hall–Kier alpha value is -1.15. The molecule has 0 bridgehead atoms. The van der Waals surface area contributed by atoms with Crippen LogP contribution in [0.2, 0.25) is 0 Å². The molecule has 1 heterocycles. The Balaban J connectivity index is 2.99. The molecule has 0 unspecified atom stereocenters. The van der Waals surface area contributed by atoms with Crippen molar-refractivity contribution in [2.45, 2.75) is 11.4 Å². The van der Waals surface area contributed by atoms with Crippen molar-refractivity contribution in [2.24, 2.45) is 0 Å². The van der Waals surface area contributed by atoms with E-state index in [-0.39, 0.29) is 0 Å². The third kappa shape index (κ3) is 2.96. The van der Waals surface area contributed by atoms with E-state index in [2.05, 4.69) is 9.17 Å². The van der Waals surface area contributed by atoms with Crippen LogP contribution in [0, 0.1) is 0 Å². The molecule has 0 fully saturated rings. The van der Waals surface area contributed by atoms with Crippen molar-refractivity contribution < 1.29 is 30.8 Å². The number of hydrogen-bond acceptors (Lipinski definition) is 3. The van der Waals surface area contributed by atoms with Crippen molar-refractivity contribution in [1.82, 2.24) is 0 Å². The molecule has 0 atom stereocenters. The third-order valence-corrected chi connectivity index (χ3v) is 2.36. The molecule has 0 radical (unpaired) electrons. The molecule has 0 spiro atoms. The van der Waals surface area contributed by atoms with E-state index in [1.165, 1.54) is 18.3 Å². The SMILES string of the molecule is O=S(=O)(OC(F)(F)F)c1cccc[nH+]1. The first-order chi connectivity index (χ1) is 6.31. The summed E-state index contributed by atoms with van der Waals surface area (Å²) in [5, 5.41) is -0.655. The summed E-state index contributed by atoms with van der Waals surface area (Å²) in [6.07, 6.45) is -4.05. The topological polar surface area (TPSA) is 57.5 Å². The number of H-pyrrole nitrogens is 1. The summed E-state index contributed by atoms with van der Waals surface area (Å²) in [4.78, 5) is 2.12. The zero-order chi connectivity index (χ0) is 10.8. The van der Waals surface area contributed by atoms with Gasteiger partial charge in [0, 0.05) is 12.1 Å². The van der Waals surface area contributed by atoms with Gasteiger partial charge in [0.25, 0.3) is 0 Å². The van der Waals surface area contributed by atoms with E-state index in [0.717, 1.165) is 6.07 Å². The highest BCUT2D eigenvalue weighted by atomic mass is 32.2. The Bertz CT molecular complexity index is 400. The maximum absolute atomic E-state index is 11.6. The van der Waals surface area contributed by atoms with Gasteiger partial charge < -0.3 is 0 Å². The molecule has 0 saturated carbocycles. The van der Waals surface area contributed by atoms with E-state index in [0.29, 0.717) is 0 Å². The van der Waals surface area contributed by atoms with Crippen LogP contribution in [0.1, 0.15) is 0 Å². The number of aromatic amines is 1. The second kappa shape index (κ2) is 3.54. The van der Waals surface area contributed by atoms with E-state index >= 15 is 0 Å². The van der Waals surface area contributed by atoms with Gasteiger partial charge in [0.15, 0.2) is 6.20 Å². The van der Waals surface area contributed by atoms with Gasteiger partial charge in [-0.1, -0.05) is 0 Å². The lowest BCUT2D eigenvalue weighted by molar-refractivity contribution is -0.430. The average Bonchev–Trinajstić information content (AvgIpc) is 2.01. The number of aromatic nitrogens is 1. The Morgan fingerprint density at radius 2 is 1.93 bits per heavy atom. The Labute approximate surface area is 77.5 Å². The second-order valence-electron chi connectivity index (χ2n) is 2.21. The van der Waals surface area contributed by atoms with Gasteiger partial charge in [0.2, 0.25) is 0 Å². The quantitative estimate of drug-likeness (QED) is 0.701. The highest BCUT2D eigenvalue weighted by Gasteiger charge is 2.40. The molecule has 0 aliphatic rings. The fourth-order valence-electron chi connectivity index (χ4n) is 0.702. The molecule has 1 aromatic rings. The maximum atomic E-state index is 11.6. The summed E-state index contributed by atoms with van der Waals surface area (Å²) in [7, 11) is -4.80. The van der Waals surface area contributed by atoms with Crippen molar-refractivity contribution in [2.75, 3.05) is 0 Å². The van der Waals surface area contributed by atoms with Gasteiger partial charge in [0.05, 0.1) is 0 Å². The maximum Gasteiger partial charge on any atom is 0.537 e. The molecule has 4 nitrogen and oxygen atoms in total. The van der Waals surface area contributed by atoms with Crippen LogP contribution in [0.25, 0.3) is 0 Å². The van der Waals surface area contributed by atoms with E-state index < -0.39 is 21.5 Å². The molecular weight excluding hydrogens is 223 g/mol. The summed E-state index contributed by atoms with van der Waals surface area (Å²) in [5.74, 6) is 0. The fraction of sp³-hybridized carbons (Fsp3) is 0.167. The van der Waals surface area contributed by atoms with Crippen LogP contribution in [0.3, 0.4) is 0 Å². The van der Waals surface area contributed by atoms with Crippen molar-refractivity contribution in [3.05, 3.63) is 24.4 Å². The molecule has 8 heteroatoms. The Morgan fingerprint density at radius 3 is 2.36 bits per heavy atom. The number of nitrogens with one attached hydrogen (secondary N) is 1. The molecule has 1 N–H and O–H groups in total. The van der Waals surface area contributed by atoms with Crippen LogP contribution in [0.5, 0.6) is 0 Å². The lowest BCUT2D eigenvalue weighted by Gasteiger charge is -2.03. The van der Waals surface area contributed by atoms with Gasteiger partial charge in [-0.25, -0.2) is 0 Å². The first-order valence-corrected chi connectivity index (χ1v) is 4.71. The fourth-order valence-corrected chi connectivity index (χ4v) is 1.50. The van der Waals surface area contributed by atoms with Crippen LogP contribution >= 0.6 is 0 Å². The minimum atomic E-state index is -5.22. The smallest absolute Gasteiger partial charge is 0.200 e. The van der Waals surface area contributed by atoms with Crippen LogP contribution in [-0.4, -0.2) is 14.8 Å². The summed E-state index contributed by atoms with van der Waals surface area (Å²) in [6.45, 7) is 0. The molecule has 14 heavy (non-hydrogen) atoms. The van der Waals surface area contributed by atoms with Crippen molar-refractivity contribution in [3.8, 4) is 0 Å². The molecule has 78 valence electrons. The average molecular weight is 228 g/mol. The minimum Gasteiger partial charge on any atom is -0.200 e. The van der Waals surface area contributed by atoms with Gasteiger partial charge in [-0.2, -0.15) is 17.6 Å². The number of hydrogen-bond donors (Lipinski definition) is 0. The number of halogens is 3. The normalized spacial score (nSPS) is 12.8. The largest absolute Gasteiger partial charge is 0.537 e. The molecule has 0 saturated heterocycles. The van der Waals surface area contributed by atoms with Crippen LogP contribution in [-0.2, 0) is 14.3 Å². The number of pyridine rings is 1. The van der Waals surface area contributed by atoms with E-state index in [9.17, 15) is 21.6 Å². The zero-order valence-electron chi connectivity index (χ0n) is 6.58. The lowest BCUT2D eigenvalue weighted by atomic mass is 10.5. The third-order valence-electron chi connectivity index (χ3n) is 1.15. The summed E-state index contributed by atoms with van der Waals surface area (Å²) in [6, 6.07) is 3.65. The number of alkyl halides is 3. The highest BCUT2D eigenvalue weighted by molar-refractivity contribution is 7.86. The summed E-state index contributed by atoms with van der Waals surface area (Å²) < 4.78 is 59.6. The van der Waals surface area contributed by atoms with Gasteiger partial charge in [-0.15, -0.1) is 13.2 Å². The number of rotatable bonds is 2. The van der Waals surface area contributed by atoms with Crippen LogP contribution < -0.4 is 4.98 Å². The van der Waals surface area contributed by atoms with Crippen molar-refractivity contribution in [3.63, 3.8) is 0 Å². The van der Waals surface area contributed by atoms with E-state index in [1.807, 2.05) is 0 Å².